The molecule has 0 fully saturated rings. The number of carbonyl (C=O) groups excluding carboxylic acids is 1. The van der Waals surface area contributed by atoms with Gasteiger partial charge in [0.2, 0.25) is 0 Å². The van der Waals surface area contributed by atoms with Crippen LogP contribution < -0.4 is 10.9 Å². The summed E-state index contributed by atoms with van der Waals surface area (Å²) in [6.07, 6.45) is 5.94. The molecule has 2 N–H and O–H groups in total. The molecule has 2 heterocycles. The van der Waals surface area contributed by atoms with Crippen molar-refractivity contribution in [1.82, 2.24) is 25.3 Å². The van der Waals surface area contributed by atoms with Gasteiger partial charge in [-0.3, -0.25) is 9.59 Å². The van der Waals surface area contributed by atoms with Crippen molar-refractivity contribution >= 4 is 5.91 Å². The summed E-state index contributed by atoms with van der Waals surface area (Å²) in [5, 5.41) is 13.5. The molecule has 124 valence electrons. The zero-order valence-corrected chi connectivity index (χ0v) is 13.8. The summed E-state index contributed by atoms with van der Waals surface area (Å²) in [5.74, 6) is 0.333. The van der Waals surface area contributed by atoms with E-state index in [-0.39, 0.29) is 17.5 Å². The van der Waals surface area contributed by atoms with Crippen LogP contribution in [0.25, 0.3) is 5.82 Å². The van der Waals surface area contributed by atoms with Gasteiger partial charge in [0.15, 0.2) is 5.82 Å². The molecule has 0 aromatic carbocycles. The maximum Gasteiger partial charge on any atom is 0.264 e. The minimum absolute atomic E-state index is 0.128. The van der Waals surface area contributed by atoms with Gasteiger partial charge in [0.25, 0.3) is 11.5 Å². The molecule has 0 bridgehead atoms. The Balaban J connectivity index is 2.07. The topological polar surface area (TPSA) is 92.7 Å². The van der Waals surface area contributed by atoms with E-state index >= 15 is 0 Å². The first-order chi connectivity index (χ1) is 11.0. The normalized spacial score (nSPS) is 12.1. The number of nitrogens with one attached hydrogen (secondary N) is 2. The highest BCUT2D eigenvalue weighted by Gasteiger charge is 2.17. The third-order valence-corrected chi connectivity index (χ3v) is 3.75. The lowest BCUT2D eigenvalue weighted by Gasteiger charge is -2.13. The van der Waals surface area contributed by atoms with Crippen LogP contribution in [0.15, 0.2) is 23.1 Å². The predicted octanol–water partition coefficient (Wildman–Crippen LogP) is 1.96. The van der Waals surface area contributed by atoms with Crippen molar-refractivity contribution in [3.05, 3.63) is 39.9 Å². The molecule has 2 aromatic rings. The van der Waals surface area contributed by atoms with Crippen molar-refractivity contribution in [2.45, 2.75) is 52.5 Å². The summed E-state index contributed by atoms with van der Waals surface area (Å²) in [6, 6.07) is 3.07. The Morgan fingerprint density at radius 1 is 1.39 bits per heavy atom. The highest BCUT2D eigenvalue weighted by molar-refractivity contribution is 5.95. The third-order valence-electron chi connectivity index (χ3n) is 3.75. The number of aromatic nitrogens is 4. The van der Waals surface area contributed by atoms with Gasteiger partial charge >= 0.3 is 0 Å². The van der Waals surface area contributed by atoms with Crippen LogP contribution in [0, 0.1) is 6.92 Å². The zero-order valence-electron chi connectivity index (χ0n) is 13.8. The quantitative estimate of drug-likeness (QED) is 0.764. The molecule has 0 radical (unpaired) electrons. The summed E-state index contributed by atoms with van der Waals surface area (Å²) >= 11 is 0. The summed E-state index contributed by atoms with van der Waals surface area (Å²) in [7, 11) is 0. The molecule has 1 unspecified atom stereocenters. The Hall–Kier alpha value is -2.44. The average molecular weight is 317 g/mol. The molecule has 0 aliphatic rings. The molecule has 2 rings (SSSR count). The fourth-order valence-corrected chi connectivity index (χ4v) is 2.39. The van der Waals surface area contributed by atoms with Gasteiger partial charge in [-0.15, -0.1) is 0 Å². The van der Waals surface area contributed by atoms with Gasteiger partial charge in [0.05, 0.1) is 17.5 Å². The number of rotatable bonds is 7. The minimum atomic E-state index is -0.280. The second kappa shape index (κ2) is 7.71. The fourth-order valence-electron chi connectivity index (χ4n) is 2.39. The first kappa shape index (κ1) is 16.9. The van der Waals surface area contributed by atoms with Crippen LogP contribution in [0.1, 0.15) is 55.6 Å². The number of H-pyrrole nitrogens is 1. The van der Waals surface area contributed by atoms with E-state index in [2.05, 4.69) is 27.5 Å². The molecule has 7 heteroatoms. The number of carbonyl (C=O) groups is 1. The van der Waals surface area contributed by atoms with Gasteiger partial charge in [-0.2, -0.15) is 10.2 Å². The smallest absolute Gasteiger partial charge is 0.264 e. The van der Waals surface area contributed by atoms with Gasteiger partial charge in [-0.1, -0.05) is 26.2 Å². The highest BCUT2D eigenvalue weighted by atomic mass is 16.1. The first-order valence-electron chi connectivity index (χ1n) is 7.94. The van der Waals surface area contributed by atoms with E-state index < -0.39 is 0 Å². The number of hydrogen-bond donors (Lipinski definition) is 2. The van der Waals surface area contributed by atoms with Crippen molar-refractivity contribution in [3.63, 3.8) is 0 Å². The number of nitrogens with zero attached hydrogens (tertiary/aromatic N) is 3. The molecule has 23 heavy (non-hydrogen) atoms. The van der Waals surface area contributed by atoms with Gasteiger partial charge in [0.1, 0.15) is 0 Å². The Morgan fingerprint density at radius 3 is 2.83 bits per heavy atom. The van der Waals surface area contributed by atoms with Crippen LogP contribution in [0.2, 0.25) is 0 Å². The molecule has 0 aliphatic carbocycles. The molecule has 1 atom stereocenters. The van der Waals surface area contributed by atoms with Gasteiger partial charge in [0, 0.05) is 12.1 Å². The van der Waals surface area contributed by atoms with Crippen LogP contribution in [-0.4, -0.2) is 31.9 Å². The number of hydrogen-bond acceptors (Lipinski definition) is 4. The maximum atomic E-state index is 12.4. The van der Waals surface area contributed by atoms with Gasteiger partial charge in [-0.05, 0) is 26.3 Å². The van der Waals surface area contributed by atoms with Crippen LogP contribution in [0.3, 0.4) is 0 Å². The van der Waals surface area contributed by atoms with Crippen molar-refractivity contribution in [1.29, 1.82) is 0 Å². The lowest BCUT2D eigenvalue weighted by molar-refractivity contribution is 0.0937. The zero-order chi connectivity index (χ0) is 16.8. The molecule has 0 spiro atoms. The maximum absolute atomic E-state index is 12.4. The highest BCUT2D eigenvalue weighted by Crippen LogP contribution is 2.12. The fraction of sp³-hybridized carbons (Fsp3) is 0.500. The lowest BCUT2D eigenvalue weighted by Crippen LogP contribution is -2.32. The van der Waals surface area contributed by atoms with E-state index in [4.69, 9.17) is 0 Å². The first-order valence-corrected chi connectivity index (χ1v) is 7.94. The predicted molar refractivity (Wildman–Crippen MR) is 87.8 cm³/mol. The van der Waals surface area contributed by atoms with E-state index in [0.29, 0.717) is 17.1 Å². The van der Waals surface area contributed by atoms with Crippen molar-refractivity contribution in [2.75, 3.05) is 0 Å². The summed E-state index contributed by atoms with van der Waals surface area (Å²) in [5.41, 5.74) is 0.917. The minimum Gasteiger partial charge on any atom is -0.349 e. The molecule has 7 nitrogen and oxygen atoms in total. The Kier molecular flexibility index (Phi) is 5.67. The van der Waals surface area contributed by atoms with Crippen LogP contribution in [0.5, 0.6) is 0 Å². The number of unbranched alkanes of at least 4 members (excludes halogenated alkanes) is 2. The van der Waals surface area contributed by atoms with Gasteiger partial charge in [-0.25, -0.2) is 9.78 Å². The van der Waals surface area contributed by atoms with Crippen molar-refractivity contribution in [3.8, 4) is 5.82 Å². The van der Waals surface area contributed by atoms with Crippen molar-refractivity contribution < 1.29 is 4.79 Å². The Bertz CT molecular complexity index is 699. The molecule has 0 saturated carbocycles. The van der Waals surface area contributed by atoms with E-state index in [1.54, 1.807) is 13.0 Å². The molecular weight excluding hydrogens is 294 g/mol. The third kappa shape index (κ3) is 4.28. The molecule has 2 aromatic heterocycles. The van der Waals surface area contributed by atoms with E-state index in [0.717, 1.165) is 12.8 Å². The molecule has 0 aliphatic heterocycles. The lowest BCUT2D eigenvalue weighted by atomic mass is 10.1. The Morgan fingerprint density at radius 2 is 2.17 bits per heavy atom. The second-order valence-electron chi connectivity index (χ2n) is 5.71. The largest absolute Gasteiger partial charge is 0.349 e. The summed E-state index contributed by atoms with van der Waals surface area (Å²) in [6.45, 7) is 5.97. The molecule has 0 saturated heterocycles. The summed E-state index contributed by atoms with van der Waals surface area (Å²) < 4.78 is 1.53. The van der Waals surface area contributed by atoms with Gasteiger partial charge < -0.3 is 5.32 Å². The number of aromatic amines is 1. The van der Waals surface area contributed by atoms with E-state index in [1.165, 1.54) is 29.8 Å². The standard InChI is InChI=1S/C16H23N5O2/c1-4-5-6-7-11(2)18-16(23)13-10-17-21(12(13)3)14-8-9-15(22)20-19-14/h8-11H,4-7H2,1-3H3,(H,18,23)(H,20,22). The SMILES string of the molecule is CCCCCC(C)NC(=O)c1cnn(-c2ccc(=O)[nH]n2)c1C. The van der Waals surface area contributed by atoms with E-state index in [1.807, 2.05) is 6.92 Å². The summed E-state index contributed by atoms with van der Waals surface area (Å²) in [4.78, 5) is 23.4. The molecule has 1 amide bonds. The van der Waals surface area contributed by atoms with Crippen LogP contribution >= 0.6 is 0 Å². The molecular formula is C16H23N5O2. The van der Waals surface area contributed by atoms with E-state index in [9.17, 15) is 9.59 Å². The van der Waals surface area contributed by atoms with Crippen molar-refractivity contribution in [2.24, 2.45) is 0 Å². The van der Waals surface area contributed by atoms with Crippen LogP contribution in [0.4, 0.5) is 0 Å². The second-order valence-corrected chi connectivity index (χ2v) is 5.71. The number of amides is 1. The average Bonchev–Trinajstić information content (AvgIpc) is 2.90. The monoisotopic (exact) mass is 317 g/mol. The Labute approximate surface area is 135 Å². The van der Waals surface area contributed by atoms with Crippen LogP contribution in [-0.2, 0) is 0 Å².